The largest absolute Gasteiger partial charge is 0.494 e. The van der Waals surface area contributed by atoms with Crippen molar-refractivity contribution in [2.24, 2.45) is 0 Å². The summed E-state index contributed by atoms with van der Waals surface area (Å²) in [6, 6.07) is 23.3. The Morgan fingerprint density at radius 3 is 2.72 bits per heavy atom. The maximum Gasteiger partial charge on any atom is 0.261 e. The molecule has 0 spiro atoms. The molecule has 176 valence electrons. The van der Waals surface area contributed by atoms with Gasteiger partial charge in [-0.15, -0.1) is 11.3 Å². The van der Waals surface area contributed by atoms with Crippen LogP contribution in [0.1, 0.15) is 15.9 Å². The molecule has 6 rings (SSSR count). The summed E-state index contributed by atoms with van der Waals surface area (Å²) in [4.78, 5) is 31.0. The van der Waals surface area contributed by atoms with Crippen LogP contribution in [0, 0.1) is 0 Å². The Morgan fingerprint density at radius 1 is 1.00 bits per heavy atom. The monoisotopic (exact) mass is 508 g/mol. The van der Waals surface area contributed by atoms with Crippen LogP contribution >= 0.6 is 22.7 Å². The van der Waals surface area contributed by atoms with Gasteiger partial charge in [0.15, 0.2) is 5.13 Å². The number of aromatic nitrogens is 3. The zero-order valence-corrected chi connectivity index (χ0v) is 20.9. The molecule has 0 aliphatic carbocycles. The van der Waals surface area contributed by atoms with Gasteiger partial charge < -0.3 is 4.74 Å². The third-order valence-corrected chi connectivity index (χ3v) is 7.79. The predicted octanol–water partition coefficient (Wildman–Crippen LogP) is 6.82. The summed E-state index contributed by atoms with van der Waals surface area (Å²) in [6.07, 6.45) is 3.50. The maximum absolute atomic E-state index is 14.3. The van der Waals surface area contributed by atoms with Gasteiger partial charge in [-0.25, -0.2) is 9.97 Å². The number of pyridine rings is 2. The van der Waals surface area contributed by atoms with Gasteiger partial charge in [-0.2, -0.15) is 0 Å². The molecule has 6 aromatic rings. The summed E-state index contributed by atoms with van der Waals surface area (Å²) in [7, 11) is 1.63. The summed E-state index contributed by atoms with van der Waals surface area (Å²) in [5.74, 6) is 0.534. The average Bonchev–Trinajstić information content (AvgIpc) is 3.62. The highest BCUT2D eigenvalue weighted by Gasteiger charge is 2.25. The van der Waals surface area contributed by atoms with Crippen LogP contribution in [0.25, 0.3) is 31.7 Å². The first kappa shape index (κ1) is 22.3. The highest BCUT2D eigenvalue weighted by molar-refractivity contribution is 7.22. The molecule has 0 N–H and O–H groups in total. The van der Waals surface area contributed by atoms with Crippen molar-refractivity contribution < 1.29 is 9.53 Å². The molecule has 2 aromatic carbocycles. The van der Waals surface area contributed by atoms with Crippen molar-refractivity contribution in [1.82, 2.24) is 15.0 Å². The molecular formula is C28H20N4O2S2. The number of hydrogen-bond donors (Lipinski definition) is 0. The van der Waals surface area contributed by atoms with E-state index in [1.165, 1.54) is 11.3 Å². The standard InChI is InChI=1S/C28H20N4O2S2/c1-34-23-10-4-11-25-26(23)31-28(36-25)32(17-18-7-5-13-29-16-18)27(33)20-15-22(24-12-6-14-35-24)30-21-9-3-2-8-19(20)21/h2-16H,17H2,1H3. The number of carbonyl (C=O) groups is 1. The normalized spacial score (nSPS) is 11.1. The molecule has 0 saturated heterocycles. The number of thiazole rings is 1. The highest BCUT2D eigenvalue weighted by atomic mass is 32.1. The Morgan fingerprint density at radius 2 is 1.92 bits per heavy atom. The first-order valence-corrected chi connectivity index (χ1v) is 13.0. The summed E-state index contributed by atoms with van der Waals surface area (Å²) < 4.78 is 6.47. The number of methoxy groups -OCH3 is 1. The number of anilines is 1. The lowest BCUT2D eigenvalue weighted by Crippen LogP contribution is -2.30. The molecule has 0 fully saturated rings. The van der Waals surface area contributed by atoms with Crippen LogP contribution in [0.3, 0.4) is 0 Å². The Hall–Kier alpha value is -4.14. The number of hydrogen-bond acceptors (Lipinski definition) is 7. The number of rotatable bonds is 6. The van der Waals surface area contributed by atoms with Gasteiger partial charge in [0, 0.05) is 17.8 Å². The van der Waals surface area contributed by atoms with Crippen molar-refractivity contribution in [3.05, 3.63) is 102 Å². The van der Waals surface area contributed by atoms with Gasteiger partial charge in [0.25, 0.3) is 5.91 Å². The minimum absolute atomic E-state index is 0.145. The van der Waals surface area contributed by atoms with E-state index in [4.69, 9.17) is 14.7 Å². The number of fused-ring (bicyclic) bond motifs is 2. The van der Waals surface area contributed by atoms with Crippen molar-refractivity contribution in [3.63, 3.8) is 0 Å². The first-order valence-electron chi connectivity index (χ1n) is 11.3. The van der Waals surface area contributed by atoms with Gasteiger partial charge in [-0.05, 0) is 47.3 Å². The molecule has 0 unspecified atom stereocenters. The molecule has 4 aromatic heterocycles. The summed E-state index contributed by atoms with van der Waals surface area (Å²) >= 11 is 3.06. The summed E-state index contributed by atoms with van der Waals surface area (Å²) in [5, 5.41) is 3.41. The Kier molecular flexibility index (Phi) is 5.88. The Balaban J connectivity index is 1.53. The minimum atomic E-state index is -0.145. The van der Waals surface area contributed by atoms with Gasteiger partial charge in [0.1, 0.15) is 11.3 Å². The van der Waals surface area contributed by atoms with E-state index >= 15 is 0 Å². The van der Waals surface area contributed by atoms with E-state index in [0.29, 0.717) is 23.0 Å². The van der Waals surface area contributed by atoms with Crippen molar-refractivity contribution in [2.75, 3.05) is 12.0 Å². The van der Waals surface area contributed by atoms with Crippen LogP contribution in [0.15, 0.2) is 90.6 Å². The SMILES string of the molecule is COc1cccc2sc(N(Cc3cccnc3)C(=O)c3cc(-c4cccs4)nc4ccccc34)nc12. The fourth-order valence-electron chi connectivity index (χ4n) is 4.14. The van der Waals surface area contributed by atoms with Crippen molar-refractivity contribution in [1.29, 1.82) is 0 Å². The van der Waals surface area contributed by atoms with Gasteiger partial charge in [0.2, 0.25) is 0 Å². The molecule has 6 nitrogen and oxygen atoms in total. The molecular weight excluding hydrogens is 488 g/mol. The van der Waals surface area contributed by atoms with E-state index in [2.05, 4.69) is 4.98 Å². The van der Waals surface area contributed by atoms with Crippen molar-refractivity contribution in [3.8, 4) is 16.3 Å². The van der Waals surface area contributed by atoms with Gasteiger partial charge in [-0.3, -0.25) is 14.7 Å². The molecule has 0 radical (unpaired) electrons. The van der Waals surface area contributed by atoms with E-state index in [9.17, 15) is 4.79 Å². The highest BCUT2D eigenvalue weighted by Crippen LogP contribution is 2.36. The van der Waals surface area contributed by atoms with Gasteiger partial charge in [-0.1, -0.05) is 47.7 Å². The van der Waals surface area contributed by atoms with Crippen LogP contribution < -0.4 is 9.64 Å². The molecule has 8 heteroatoms. The summed E-state index contributed by atoms with van der Waals surface area (Å²) in [6.45, 7) is 0.333. The topological polar surface area (TPSA) is 68.2 Å². The van der Waals surface area contributed by atoms with E-state index in [1.807, 2.05) is 78.2 Å². The third kappa shape index (κ3) is 4.10. The number of benzene rings is 2. The number of carbonyl (C=O) groups excluding carboxylic acids is 1. The zero-order chi connectivity index (χ0) is 24.5. The number of thiophene rings is 1. The van der Waals surface area contributed by atoms with Gasteiger partial charge >= 0.3 is 0 Å². The van der Waals surface area contributed by atoms with Gasteiger partial charge in [0.05, 0.1) is 40.0 Å². The zero-order valence-electron chi connectivity index (χ0n) is 19.3. The first-order chi connectivity index (χ1) is 17.7. The van der Waals surface area contributed by atoms with E-state index in [-0.39, 0.29) is 5.91 Å². The lowest BCUT2D eigenvalue weighted by Gasteiger charge is -2.21. The van der Waals surface area contributed by atoms with Crippen LogP contribution in [0.2, 0.25) is 0 Å². The fourth-order valence-corrected chi connectivity index (χ4v) is 5.81. The van der Waals surface area contributed by atoms with Crippen molar-refractivity contribution >= 4 is 54.8 Å². The van der Waals surface area contributed by atoms with Crippen LogP contribution in [-0.4, -0.2) is 28.0 Å². The summed E-state index contributed by atoms with van der Waals surface area (Å²) in [5.41, 5.74) is 3.79. The second-order valence-electron chi connectivity index (χ2n) is 8.11. The molecule has 36 heavy (non-hydrogen) atoms. The molecule has 0 atom stereocenters. The molecule has 0 aliphatic rings. The van der Waals surface area contributed by atoms with E-state index in [1.54, 1.807) is 35.7 Å². The van der Waals surface area contributed by atoms with Crippen molar-refractivity contribution in [2.45, 2.75) is 6.54 Å². The van der Waals surface area contributed by atoms with E-state index < -0.39 is 0 Å². The Labute approximate surface area is 215 Å². The van der Waals surface area contributed by atoms with Crippen LogP contribution in [0.5, 0.6) is 5.75 Å². The second-order valence-corrected chi connectivity index (χ2v) is 10.1. The lowest BCUT2D eigenvalue weighted by molar-refractivity contribution is 0.0986. The second kappa shape index (κ2) is 9.49. The smallest absolute Gasteiger partial charge is 0.261 e. The Bertz CT molecular complexity index is 1680. The van der Waals surface area contributed by atoms with E-state index in [0.717, 1.165) is 37.3 Å². The fraction of sp³-hybridized carbons (Fsp3) is 0.0714. The molecule has 0 aliphatic heterocycles. The number of amides is 1. The molecule has 1 amide bonds. The average molecular weight is 509 g/mol. The van der Waals surface area contributed by atoms with Crippen LogP contribution in [0.4, 0.5) is 5.13 Å². The molecule has 4 heterocycles. The number of para-hydroxylation sites is 2. The molecule has 0 saturated carbocycles. The minimum Gasteiger partial charge on any atom is -0.494 e. The lowest BCUT2D eigenvalue weighted by atomic mass is 10.1. The maximum atomic E-state index is 14.3. The predicted molar refractivity (Wildman–Crippen MR) is 146 cm³/mol. The molecule has 0 bridgehead atoms. The third-order valence-electron chi connectivity index (χ3n) is 5.85. The quantitative estimate of drug-likeness (QED) is 0.247. The number of ether oxygens (including phenoxy) is 1. The van der Waals surface area contributed by atoms with Crippen LogP contribution in [-0.2, 0) is 6.54 Å². The number of nitrogens with zero attached hydrogens (tertiary/aromatic N) is 4.